The zero-order valence-electron chi connectivity index (χ0n) is 14.7. The van der Waals surface area contributed by atoms with Crippen LogP contribution in [0.15, 0.2) is 23.0 Å². The molecule has 2 saturated heterocycles. The summed E-state index contributed by atoms with van der Waals surface area (Å²) in [6.07, 6.45) is 6.21. The molecule has 2 aliphatic rings. The number of rotatable bonds is 6. The van der Waals surface area contributed by atoms with Gasteiger partial charge < -0.3 is 23.7 Å². The van der Waals surface area contributed by atoms with Gasteiger partial charge in [0.05, 0.1) is 31.1 Å². The van der Waals surface area contributed by atoms with E-state index in [0.717, 1.165) is 39.0 Å². The van der Waals surface area contributed by atoms with Crippen molar-refractivity contribution in [2.75, 3.05) is 53.6 Å². The Balaban J connectivity index is 1.66. The fourth-order valence-corrected chi connectivity index (χ4v) is 3.77. The Morgan fingerprint density at radius 2 is 2.38 bits per heavy atom. The van der Waals surface area contributed by atoms with Gasteiger partial charge in [0, 0.05) is 31.7 Å². The lowest BCUT2D eigenvalue weighted by molar-refractivity contribution is -0.147. The molecule has 6 nitrogen and oxygen atoms in total. The predicted octanol–water partition coefficient (Wildman–Crippen LogP) is 1.87. The summed E-state index contributed by atoms with van der Waals surface area (Å²) in [5, 5.41) is 0. The predicted molar refractivity (Wildman–Crippen MR) is 90.0 cm³/mol. The number of hydrogen-bond donors (Lipinski definition) is 0. The van der Waals surface area contributed by atoms with Crippen LogP contribution in [-0.2, 0) is 9.47 Å². The molecule has 0 bridgehead atoms. The highest BCUT2D eigenvalue weighted by atomic mass is 16.5. The van der Waals surface area contributed by atoms with Crippen molar-refractivity contribution in [3.8, 4) is 0 Å². The highest BCUT2D eigenvalue weighted by molar-refractivity contribution is 5.93. The number of carbonyl (C=O) groups excluding carboxylic acids is 1. The molecule has 3 heterocycles. The second-order valence-electron chi connectivity index (χ2n) is 7.21. The van der Waals surface area contributed by atoms with Gasteiger partial charge in [-0.2, -0.15) is 0 Å². The second kappa shape index (κ2) is 7.68. The van der Waals surface area contributed by atoms with Crippen molar-refractivity contribution >= 4 is 5.91 Å². The third kappa shape index (κ3) is 3.82. The van der Waals surface area contributed by atoms with Gasteiger partial charge in [-0.15, -0.1) is 0 Å². The lowest BCUT2D eigenvalue weighted by Crippen LogP contribution is -2.58. The van der Waals surface area contributed by atoms with Gasteiger partial charge in [-0.3, -0.25) is 4.79 Å². The summed E-state index contributed by atoms with van der Waals surface area (Å²) < 4.78 is 17.1. The van der Waals surface area contributed by atoms with Crippen LogP contribution < -0.4 is 0 Å². The van der Waals surface area contributed by atoms with Crippen LogP contribution in [0.25, 0.3) is 0 Å². The van der Waals surface area contributed by atoms with Crippen molar-refractivity contribution in [1.29, 1.82) is 0 Å². The molecule has 2 fully saturated rings. The molecule has 3 rings (SSSR count). The molecule has 0 unspecified atom stereocenters. The fraction of sp³-hybridized carbons (Fsp3) is 0.722. The SMILES string of the molecule is CN(C)CCOC[C@]12CCCO[C@@H]1CCN(C(=O)c1ccoc1)C2. The number of nitrogens with zero attached hydrogens (tertiary/aromatic N) is 2. The lowest BCUT2D eigenvalue weighted by Gasteiger charge is -2.50. The molecule has 2 atom stereocenters. The average molecular weight is 336 g/mol. The van der Waals surface area contributed by atoms with Crippen molar-refractivity contribution in [2.45, 2.75) is 25.4 Å². The maximum atomic E-state index is 12.7. The Labute approximate surface area is 143 Å². The minimum Gasteiger partial charge on any atom is -0.472 e. The standard InChI is InChI=1S/C18H28N2O4/c1-19(2)8-11-23-14-18-6-3-9-24-16(18)4-7-20(13-18)17(21)15-5-10-22-12-15/h5,10,12,16H,3-4,6-9,11,13-14H2,1-2H3/t16-,18-/m1/s1. The van der Waals surface area contributed by atoms with Crippen molar-refractivity contribution in [1.82, 2.24) is 9.80 Å². The van der Waals surface area contributed by atoms with E-state index in [0.29, 0.717) is 25.3 Å². The largest absolute Gasteiger partial charge is 0.472 e. The normalized spacial score (nSPS) is 27.3. The van der Waals surface area contributed by atoms with E-state index in [-0.39, 0.29) is 17.4 Å². The summed E-state index contributed by atoms with van der Waals surface area (Å²) in [5.74, 6) is 0.0421. The topological polar surface area (TPSA) is 55.2 Å². The molecule has 24 heavy (non-hydrogen) atoms. The molecule has 0 spiro atoms. The number of carbonyl (C=O) groups is 1. The van der Waals surface area contributed by atoms with Gasteiger partial charge in [0.1, 0.15) is 6.26 Å². The van der Waals surface area contributed by atoms with E-state index in [4.69, 9.17) is 13.9 Å². The Hall–Kier alpha value is -1.37. The van der Waals surface area contributed by atoms with Crippen LogP contribution in [0.3, 0.4) is 0 Å². The van der Waals surface area contributed by atoms with Crippen molar-refractivity contribution in [3.05, 3.63) is 24.2 Å². The van der Waals surface area contributed by atoms with Gasteiger partial charge in [0.15, 0.2) is 0 Å². The van der Waals surface area contributed by atoms with E-state index in [2.05, 4.69) is 4.90 Å². The summed E-state index contributed by atoms with van der Waals surface area (Å²) in [7, 11) is 4.08. The minimum absolute atomic E-state index is 0.0421. The Bertz CT molecular complexity index is 531. The first kappa shape index (κ1) is 17.5. The molecule has 6 heteroatoms. The number of piperidine rings is 1. The molecule has 1 aromatic rings. The highest BCUT2D eigenvalue weighted by Gasteiger charge is 2.47. The summed E-state index contributed by atoms with van der Waals surface area (Å²) in [5.41, 5.74) is 0.538. The van der Waals surface area contributed by atoms with Crippen LogP contribution in [0.2, 0.25) is 0 Å². The van der Waals surface area contributed by atoms with Crippen LogP contribution >= 0.6 is 0 Å². The fourth-order valence-electron chi connectivity index (χ4n) is 3.77. The van der Waals surface area contributed by atoms with E-state index in [1.54, 1.807) is 12.3 Å². The maximum Gasteiger partial charge on any atom is 0.257 e. The second-order valence-corrected chi connectivity index (χ2v) is 7.21. The third-order valence-electron chi connectivity index (χ3n) is 5.12. The number of amides is 1. The monoisotopic (exact) mass is 336 g/mol. The first-order valence-corrected chi connectivity index (χ1v) is 8.76. The molecule has 2 aliphatic heterocycles. The number of hydrogen-bond acceptors (Lipinski definition) is 5. The van der Waals surface area contributed by atoms with E-state index < -0.39 is 0 Å². The van der Waals surface area contributed by atoms with Crippen molar-refractivity contribution < 1.29 is 18.7 Å². The Kier molecular flexibility index (Phi) is 5.58. The van der Waals surface area contributed by atoms with Crippen LogP contribution in [-0.4, -0.2) is 75.4 Å². The smallest absolute Gasteiger partial charge is 0.257 e. The van der Waals surface area contributed by atoms with Crippen molar-refractivity contribution in [3.63, 3.8) is 0 Å². The van der Waals surface area contributed by atoms with Crippen LogP contribution in [0.4, 0.5) is 0 Å². The number of fused-ring (bicyclic) bond motifs is 1. The first-order valence-electron chi connectivity index (χ1n) is 8.76. The van der Waals surface area contributed by atoms with Gasteiger partial charge in [-0.25, -0.2) is 0 Å². The van der Waals surface area contributed by atoms with Gasteiger partial charge in [-0.1, -0.05) is 0 Å². The molecule has 134 valence electrons. The van der Waals surface area contributed by atoms with E-state index in [1.165, 1.54) is 6.26 Å². The minimum atomic E-state index is -0.0811. The molecular weight excluding hydrogens is 308 g/mol. The van der Waals surface area contributed by atoms with E-state index >= 15 is 0 Å². The molecule has 0 saturated carbocycles. The zero-order valence-corrected chi connectivity index (χ0v) is 14.7. The highest BCUT2D eigenvalue weighted by Crippen LogP contribution is 2.40. The number of furan rings is 1. The van der Waals surface area contributed by atoms with Crippen LogP contribution in [0, 0.1) is 5.41 Å². The third-order valence-corrected chi connectivity index (χ3v) is 5.12. The maximum absolute atomic E-state index is 12.7. The average Bonchev–Trinajstić information content (AvgIpc) is 3.12. The summed E-state index contributed by atoms with van der Waals surface area (Å²) >= 11 is 0. The summed E-state index contributed by atoms with van der Waals surface area (Å²) in [6.45, 7) is 4.51. The number of likely N-dealkylation sites (tertiary alicyclic amines) is 1. The van der Waals surface area contributed by atoms with Gasteiger partial charge in [-0.05, 0) is 39.4 Å². The van der Waals surface area contributed by atoms with E-state index in [1.807, 2.05) is 19.0 Å². The summed E-state index contributed by atoms with van der Waals surface area (Å²) in [4.78, 5) is 16.7. The molecule has 0 aromatic carbocycles. The zero-order chi connectivity index (χ0) is 17.0. The Morgan fingerprint density at radius 1 is 1.50 bits per heavy atom. The molecule has 0 N–H and O–H groups in total. The Morgan fingerprint density at radius 3 is 3.12 bits per heavy atom. The van der Waals surface area contributed by atoms with Crippen molar-refractivity contribution in [2.24, 2.45) is 5.41 Å². The van der Waals surface area contributed by atoms with Crippen LogP contribution in [0.1, 0.15) is 29.6 Å². The number of ether oxygens (including phenoxy) is 2. The lowest BCUT2D eigenvalue weighted by atomic mass is 9.73. The van der Waals surface area contributed by atoms with E-state index in [9.17, 15) is 4.79 Å². The van der Waals surface area contributed by atoms with Gasteiger partial charge >= 0.3 is 0 Å². The molecular formula is C18H28N2O4. The summed E-state index contributed by atoms with van der Waals surface area (Å²) in [6, 6.07) is 1.73. The first-order chi connectivity index (χ1) is 11.6. The number of likely N-dealkylation sites (N-methyl/N-ethyl adjacent to an activating group) is 1. The van der Waals surface area contributed by atoms with Gasteiger partial charge in [0.2, 0.25) is 0 Å². The van der Waals surface area contributed by atoms with Crippen LogP contribution in [0.5, 0.6) is 0 Å². The quantitative estimate of drug-likeness (QED) is 0.742. The molecule has 1 amide bonds. The molecule has 1 aromatic heterocycles. The molecule has 0 radical (unpaired) electrons. The molecule has 0 aliphatic carbocycles. The van der Waals surface area contributed by atoms with Gasteiger partial charge in [0.25, 0.3) is 5.91 Å².